The number of fused-ring (bicyclic) bond motifs is 1. The van der Waals surface area contributed by atoms with Crippen molar-refractivity contribution in [3.63, 3.8) is 0 Å². The molecule has 1 amide bonds. The molecule has 1 aromatic carbocycles. The van der Waals surface area contributed by atoms with E-state index < -0.39 is 6.09 Å². The van der Waals surface area contributed by atoms with Gasteiger partial charge in [-0.3, -0.25) is 0 Å². The van der Waals surface area contributed by atoms with E-state index in [4.69, 9.17) is 4.74 Å². The van der Waals surface area contributed by atoms with Crippen molar-refractivity contribution in [3.8, 4) is 0 Å². The quantitative estimate of drug-likeness (QED) is 0.736. The lowest BCUT2D eigenvalue weighted by Gasteiger charge is -2.18. The van der Waals surface area contributed by atoms with Crippen molar-refractivity contribution in [1.29, 1.82) is 0 Å². The Kier molecular flexibility index (Phi) is 4.92. The van der Waals surface area contributed by atoms with Crippen LogP contribution in [0.4, 0.5) is 4.79 Å². The van der Waals surface area contributed by atoms with Crippen LogP contribution in [0.25, 0.3) is 10.9 Å². The number of carboxylic acid groups (broad SMARTS) is 1. The summed E-state index contributed by atoms with van der Waals surface area (Å²) in [5.41, 5.74) is 2.19. The van der Waals surface area contributed by atoms with Gasteiger partial charge in [0.25, 0.3) is 0 Å². The predicted octanol–water partition coefficient (Wildman–Crippen LogP) is 4.08. The minimum absolute atomic E-state index is 0.182. The van der Waals surface area contributed by atoms with Crippen molar-refractivity contribution in [2.75, 3.05) is 13.7 Å². The van der Waals surface area contributed by atoms with E-state index in [1.54, 1.807) is 12.0 Å². The van der Waals surface area contributed by atoms with E-state index in [1.165, 1.54) is 0 Å². The van der Waals surface area contributed by atoms with Gasteiger partial charge in [0.1, 0.15) is 0 Å². The molecule has 1 aliphatic rings. The van der Waals surface area contributed by atoms with Gasteiger partial charge in [0.2, 0.25) is 0 Å². The number of amides is 1. The lowest BCUT2D eigenvalue weighted by atomic mass is 10.1. The Morgan fingerprint density at radius 1 is 1.48 bits per heavy atom. The lowest BCUT2D eigenvalue weighted by Crippen LogP contribution is -2.30. The molecule has 1 N–H and O–H groups in total. The summed E-state index contributed by atoms with van der Waals surface area (Å²) in [6, 6.07) is 6.28. The van der Waals surface area contributed by atoms with Crippen LogP contribution in [0.15, 0.2) is 28.9 Å². The molecule has 0 spiro atoms. The van der Waals surface area contributed by atoms with Gasteiger partial charge in [0, 0.05) is 47.9 Å². The zero-order chi connectivity index (χ0) is 16.4. The smallest absolute Gasteiger partial charge is 0.407 e. The molecule has 1 saturated carbocycles. The maximum atomic E-state index is 11.5. The summed E-state index contributed by atoms with van der Waals surface area (Å²) in [4.78, 5) is 13.1. The van der Waals surface area contributed by atoms with Gasteiger partial charge in [0.05, 0.1) is 6.54 Å². The van der Waals surface area contributed by atoms with Crippen molar-refractivity contribution in [2.24, 2.45) is 0 Å². The van der Waals surface area contributed by atoms with Crippen LogP contribution in [-0.4, -0.2) is 40.4 Å². The normalized spacial score (nSPS) is 14.3. The zero-order valence-corrected chi connectivity index (χ0v) is 14.8. The highest BCUT2D eigenvalue weighted by atomic mass is 79.9. The third-order valence-electron chi connectivity index (χ3n) is 4.26. The second-order valence-electron chi connectivity index (χ2n) is 5.97. The molecule has 0 bridgehead atoms. The zero-order valence-electron chi connectivity index (χ0n) is 13.2. The summed E-state index contributed by atoms with van der Waals surface area (Å²) in [5.74, 6) is 0. The minimum Gasteiger partial charge on any atom is -0.465 e. The number of hydrogen-bond acceptors (Lipinski definition) is 2. The average Bonchev–Trinajstić information content (AvgIpc) is 3.29. The fraction of sp³-hybridized carbons (Fsp3) is 0.471. The Labute approximate surface area is 144 Å². The second kappa shape index (κ2) is 6.93. The molecule has 3 rings (SSSR count). The number of aryl methyl sites for hydroxylation is 1. The van der Waals surface area contributed by atoms with Gasteiger partial charge >= 0.3 is 6.09 Å². The van der Waals surface area contributed by atoms with E-state index in [-0.39, 0.29) is 6.04 Å². The van der Waals surface area contributed by atoms with Crippen molar-refractivity contribution < 1.29 is 14.6 Å². The van der Waals surface area contributed by atoms with Gasteiger partial charge in [-0.25, -0.2) is 4.79 Å². The van der Waals surface area contributed by atoms with Crippen LogP contribution in [0.3, 0.4) is 0 Å². The third-order valence-corrected chi connectivity index (χ3v) is 4.92. The van der Waals surface area contributed by atoms with Gasteiger partial charge in [-0.2, -0.15) is 0 Å². The highest BCUT2D eigenvalue weighted by Crippen LogP contribution is 2.33. The number of benzene rings is 1. The molecule has 1 fully saturated rings. The molecule has 1 aliphatic carbocycles. The van der Waals surface area contributed by atoms with Crippen LogP contribution < -0.4 is 0 Å². The standard InChI is InChI=1S/C17H21BrN2O3/c1-23-9-3-8-19-10-12(11-20(17(21)22)13-6-7-13)16-14(18)4-2-5-15(16)19/h2,4-5,10,13H,3,6-9,11H2,1H3,(H,21,22). The number of methoxy groups -OCH3 is 1. The highest BCUT2D eigenvalue weighted by molar-refractivity contribution is 9.10. The molecule has 1 aromatic heterocycles. The van der Waals surface area contributed by atoms with E-state index in [0.717, 1.165) is 46.7 Å². The largest absolute Gasteiger partial charge is 0.465 e. The van der Waals surface area contributed by atoms with E-state index in [0.29, 0.717) is 13.2 Å². The van der Waals surface area contributed by atoms with E-state index in [2.05, 4.69) is 32.8 Å². The van der Waals surface area contributed by atoms with Crippen LogP contribution in [-0.2, 0) is 17.8 Å². The Bertz CT molecular complexity index is 709. The Hall–Kier alpha value is -1.53. The number of hydrogen-bond donors (Lipinski definition) is 1. The summed E-state index contributed by atoms with van der Waals surface area (Å²) >= 11 is 3.62. The summed E-state index contributed by atoms with van der Waals surface area (Å²) in [6.45, 7) is 2.01. The summed E-state index contributed by atoms with van der Waals surface area (Å²) in [6.07, 6.45) is 4.13. The maximum absolute atomic E-state index is 11.5. The number of aromatic nitrogens is 1. The Morgan fingerprint density at radius 3 is 2.91 bits per heavy atom. The monoisotopic (exact) mass is 380 g/mol. The number of nitrogens with zero attached hydrogens (tertiary/aromatic N) is 2. The first-order valence-corrected chi connectivity index (χ1v) is 8.66. The first kappa shape index (κ1) is 16.3. The fourth-order valence-corrected chi connectivity index (χ4v) is 3.61. The molecule has 23 heavy (non-hydrogen) atoms. The van der Waals surface area contributed by atoms with Gasteiger partial charge in [-0.05, 0) is 37.0 Å². The van der Waals surface area contributed by atoms with Crippen LogP contribution in [0.1, 0.15) is 24.8 Å². The van der Waals surface area contributed by atoms with Crippen molar-refractivity contribution in [1.82, 2.24) is 9.47 Å². The summed E-state index contributed by atoms with van der Waals surface area (Å²) < 4.78 is 8.34. The molecule has 124 valence electrons. The van der Waals surface area contributed by atoms with Crippen molar-refractivity contribution >= 4 is 32.9 Å². The van der Waals surface area contributed by atoms with E-state index in [9.17, 15) is 9.90 Å². The van der Waals surface area contributed by atoms with Crippen LogP contribution >= 0.6 is 15.9 Å². The SMILES string of the molecule is COCCCn1cc(CN(C(=O)O)C2CC2)c2c(Br)cccc21. The molecule has 0 saturated heterocycles. The first-order valence-electron chi connectivity index (χ1n) is 7.86. The number of carbonyl (C=O) groups is 1. The molecule has 2 aromatic rings. The van der Waals surface area contributed by atoms with Gasteiger partial charge in [0.15, 0.2) is 0 Å². The lowest BCUT2D eigenvalue weighted by molar-refractivity contribution is 0.139. The molecule has 0 atom stereocenters. The summed E-state index contributed by atoms with van der Waals surface area (Å²) in [5, 5.41) is 10.6. The number of rotatable bonds is 7. The van der Waals surface area contributed by atoms with E-state index >= 15 is 0 Å². The molecule has 0 unspecified atom stereocenters. The molecule has 6 heteroatoms. The van der Waals surface area contributed by atoms with E-state index in [1.807, 2.05) is 12.1 Å². The Morgan fingerprint density at radius 2 is 2.26 bits per heavy atom. The third kappa shape index (κ3) is 3.53. The molecule has 0 radical (unpaired) electrons. The van der Waals surface area contributed by atoms with Crippen LogP contribution in [0.5, 0.6) is 0 Å². The maximum Gasteiger partial charge on any atom is 0.407 e. The number of ether oxygens (including phenoxy) is 1. The minimum atomic E-state index is -0.833. The van der Waals surface area contributed by atoms with Gasteiger partial charge in [-0.1, -0.05) is 22.0 Å². The highest BCUT2D eigenvalue weighted by Gasteiger charge is 2.33. The molecule has 1 heterocycles. The van der Waals surface area contributed by atoms with Crippen LogP contribution in [0.2, 0.25) is 0 Å². The average molecular weight is 381 g/mol. The predicted molar refractivity (Wildman–Crippen MR) is 92.7 cm³/mol. The fourth-order valence-electron chi connectivity index (χ4n) is 3.00. The molecular weight excluding hydrogens is 360 g/mol. The number of halogens is 1. The topological polar surface area (TPSA) is 54.7 Å². The second-order valence-corrected chi connectivity index (χ2v) is 6.82. The molecule has 0 aliphatic heterocycles. The van der Waals surface area contributed by atoms with Crippen LogP contribution in [0, 0.1) is 0 Å². The summed E-state index contributed by atoms with van der Waals surface area (Å²) in [7, 11) is 1.70. The van der Waals surface area contributed by atoms with Gasteiger partial charge < -0.3 is 19.3 Å². The van der Waals surface area contributed by atoms with Crippen molar-refractivity contribution in [2.45, 2.75) is 38.4 Å². The molecular formula is C17H21BrN2O3. The first-order chi connectivity index (χ1) is 11.1. The van der Waals surface area contributed by atoms with Gasteiger partial charge in [-0.15, -0.1) is 0 Å². The Balaban J connectivity index is 1.93. The van der Waals surface area contributed by atoms with Crippen molar-refractivity contribution in [3.05, 3.63) is 34.4 Å². The molecule has 5 nitrogen and oxygen atoms in total.